The smallest absolute Gasteiger partial charge is 0.122 e. The van der Waals surface area contributed by atoms with E-state index in [-0.39, 0.29) is 5.41 Å². The Morgan fingerprint density at radius 2 is 2.17 bits per heavy atom. The number of hydrogen-bond donors (Lipinski definition) is 1. The number of halogens is 1. The lowest BCUT2D eigenvalue weighted by Gasteiger charge is -2.16. The Balaban J connectivity index is 2.49. The molecule has 18 heavy (non-hydrogen) atoms. The Labute approximate surface area is 117 Å². The van der Waals surface area contributed by atoms with Crippen molar-refractivity contribution < 1.29 is 4.74 Å². The summed E-state index contributed by atoms with van der Waals surface area (Å²) in [6.07, 6.45) is 0.879. The zero-order valence-corrected chi connectivity index (χ0v) is 12.7. The summed E-state index contributed by atoms with van der Waals surface area (Å²) in [5.74, 6) is 0.902. The Bertz CT molecular complexity index is 438. The highest BCUT2D eigenvalue weighted by Crippen LogP contribution is 2.23. The fourth-order valence-electron chi connectivity index (χ4n) is 1.61. The van der Waals surface area contributed by atoms with Crippen molar-refractivity contribution in [1.29, 1.82) is 5.26 Å². The van der Waals surface area contributed by atoms with Crippen molar-refractivity contribution in [3.05, 3.63) is 28.2 Å². The van der Waals surface area contributed by atoms with Gasteiger partial charge in [0.1, 0.15) is 5.75 Å². The summed E-state index contributed by atoms with van der Waals surface area (Å²) >= 11 is 3.46. The van der Waals surface area contributed by atoms with Gasteiger partial charge in [0, 0.05) is 11.0 Å². The van der Waals surface area contributed by atoms with Crippen molar-refractivity contribution >= 4 is 15.9 Å². The van der Waals surface area contributed by atoms with Crippen LogP contribution >= 0.6 is 15.9 Å². The van der Waals surface area contributed by atoms with Gasteiger partial charge in [0.15, 0.2) is 0 Å². The molecule has 0 unspecified atom stereocenters. The first-order valence-corrected chi connectivity index (χ1v) is 6.72. The van der Waals surface area contributed by atoms with Gasteiger partial charge in [-0.1, -0.05) is 15.9 Å². The molecular formula is C14H19BrN2O. The zero-order chi connectivity index (χ0) is 13.6. The van der Waals surface area contributed by atoms with E-state index in [1.165, 1.54) is 0 Å². The molecule has 1 aromatic carbocycles. The van der Waals surface area contributed by atoms with Crippen LogP contribution in [0.1, 0.15) is 19.4 Å². The maximum Gasteiger partial charge on any atom is 0.122 e. The van der Waals surface area contributed by atoms with Gasteiger partial charge in [-0.15, -0.1) is 0 Å². The molecule has 0 spiro atoms. The standard InChI is InChI=1S/C14H19BrN2O/c1-14(2,9-16)10-17-7-6-11-8-12(15)4-5-13(11)18-3/h4-5,8,17H,6-7,10H2,1-3H3. The Morgan fingerprint density at radius 3 is 2.78 bits per heavy atom. The summed E-state index contributed by atoms with van der Waals surface area (Å²) in [6.45, 7) is 5.39. The molecular weight excluding hydrogens is 292 g/mol. The molecule has 0 fully saturated rings. The van der Waals surface area contributed by atoms with Crippen LogP contribution < -0.4 is 10.1 Å². The average Bonchev–Trinajstić information content (AvgIpc) is 2.35. The van der Waals surface area contributed by atoms with Gasteiger partial charge in [0.2, 0.25) is 0 Å². The van der Waals surface area contributed by atoms with Crippen LogP contribution in [0.5, 0.6) is 5.75 Å². The first kappa shape index (κ1) is 15.0. The summed E-state index contributed by atoms with van der Waals surface area (Å²) in [5, 5.41) is 12.2. The Morgan fingerprint density at radius 1 is 1.44 bits per heavy atom. The van der Waals surface area contributed by atoms with E-state index in [4.69, 9.17) is 10.00 Å². The van der Waals surface area contributed by atoms with Crippen molar-refractivity contribution in [3.8, 4) is 11.8 Å². The van der Waals surface area contributed by atoms with Crippen molar-refractivity contribution in [1.82, 2.24) is 5.32 Å². The van der Waals surface area contributed by atoms with Crippen molar-refractivity contribution in [2.75, 3.05) is 20.2 Å². The topological polar surface area (TPSA) is 45.0 Å². The number of rotatable bonds is 6. The number of ether oxygens (including phenoxy) is 1. The maximum absolute atomic E-state index is 8.91. The van der Waals surface area contributed by atoms with Gasteiger partial charge in [-0.05, 0) is 50.6 Å². The average molecular weight is 311 g/mol. The molecule has 0 aromatic heterocycles. The van der Waals surface area contributed by atoms with Crippen molar-refractivity contribution in [2.24, 2.45) is 5.41 Å². The van der Waals surface area contributed by atoms with E-state index in [2.05, 4.69) is 33.4 Å². The predicted molar refractivity (Wildman–Crippen MR) is 76.7 cm³/mol. The minimum Gasteiger partial charge on any atom is -0.496 e. The molecule has 0 atom stereocenters. The van der Waals surface area contributed by atoms with Crippen molar-refractivity contribution in [3.63, 3.8) is 0 Å². The third-order valence-corrected chi connectivity index (χ3v) is 3.18. The predicted octanol–water partition coefficient (Wildman–Crippen LogP) is 3.14. The lowest BCUT2D eigenvalue weighted by molar-refractivity contribution is 0.407. The molecule has 0 amide bonds. The molecule has 0 radical (unpaired) electrons. The summed E-state index contributed by atoms with van der Waals surface area (Å²) < 4.78 is 6.37. The van der Waals surface area contributed by atoms with Gasteiger partial charge in [-0.3, -0.25) is 0 Å². The van der Waals surface area contributed by atoms with Crippen LogP contribution in [0.2, 0.25) is 0 Å². The second kappa shape index (κ2) is 6.77. The molecule has 0 bridgehead atoms. The second-order valence-electron chi connectivity index (χ2n) is 4.88. The molecule has 0 saturated carbocycles. The number of nitrogens with one attached hydrogen (secondary N) is 1. The Kier molecular flexibility index (Phi) is 5.64. The highest BCUT2D eigenvalue weighted by Gasteiger charge is 2.15. The van der Waals surface area contributed by atoms with Crippen LogP contribution in [-0.4, -0.2) is 20.2 Å². The quantitative estimate of drug-likeness (QED) is 0.821. The van der Waals surface area contributed by atoms with E-state index in [1.54, 1.807) is 7.11 Å². The highest BCUT2D eigenvalue weighted by molar-refractivity contribution is 9.10. The fourth-order valence-corrected chi connectivity index (χ4v) is 2.01. The third-order valence-electron chi connectivity index (χ3n) is 2.68. The minimum atomic E-state index is -0.318. The summed E-state index contributed by atoms with van der Waals surface area (Å²) in [6, 6.07) is 8.27. The van der Waals surface area contributed by atoms with Crippen LogP contribution in [0.4, 0.5) is 0 Å². The van der Waals surface area contributed by atoms with E-state index in [1.807, 2.05) is 26.0 Å². The first-order valence-electron chi connectivity index (χ1n) is 5.93. The molecule has 1 N–H and O–H groups in total. The number of benzene rings is 1. The zero-order valence-electron chi connectivity index (χ0n) is 11.1. The fraction of sp³-hybridized carbons (Fsp3) is 0.500. The van der Waals surface area contributed by atoms with Crippen LogP contribution in [0, 0.1) is 16.7 Å². The van der Waals surface area contributed by atoms with Gasteiger partial charge in [0.05, 0.1) is 18.6 Å². The summed E-state index contributed by atoms with van der Waals surface area (Å²) in [7, 11) is 1.68. The van der Waals surface area contributed by atoms with Gasteiger partial charge in [0.25, 0.3) is 0 Å². The molecule has 1 aromatic rings. The van der Waals surface area contributed by atoms with Crippen molar-refractivity contribution in [2.45, 2.75) is 20.3 Å². The Hall–Kier alpha value is -1.05. The van der Waals surface area contributed by atoms with E-state index in [0.29, 0.717) is 6.54 Å². The summed E-state index contributed by atoms with van der Waals surface area (Å²) in [4.78, 5) is 0. The van der Waals surface area contributed by atoms with Gasteiger partial charge in [-0.25, -0.2) is 0 Å². The number of methoxy groups -OCH3 is 1. The minimum absolute atomic E-state index is 0.318. The van der Waals surface area contributed by atoms with Gasteiger partial charge in [-0.2, -0.15) is 5.26 Å². The summed E-state index contributed by atoms with van der Waals surface area (Å²) in [5.41, 5.74) is 0.843. The third kappa shape index (κ3) is 4.67. The van der Waals surface area contributed by atoms with Crippen LogP contribution in [0.3, 0.4) is 0 Å². The number of nitriles is 1. The highest BCUT2D eigenvalue weighted by atomic mass is 79.9. The number of hydrogen-bond acceptors (Lipinski definition) is 3. The lowest BCUT2D eigenvalue weighted by atomic mass is 9.96. The SMILES string of the molecule is COc1ccc(Br)cc1CCNCC(C)(C)C#N. The first-order chi connectivity index (χ1) is 8.48. The number of nitrogens with zero attached hydrogens (tertiary/aromatic N) is 1. The second-order valence-corrected chi connectivity index (χ2v) is 5.79. The van der Waals surface area contributed by atoms with E-state index < -0.39 is 0 Å². The molecule has 3 nitrogen and oxygen atoms in total. The molecule has 4 heteroatoms. The maximum atomic E-state index is 8.91. The molecule has 0 aliphatic carbocycles. The van der Waals surface area contributed by atoms with E-state index >= 15 is 0 Å². The normalized spacial score (nSPS) is 11.1. The molecule has 0 saturated heterocycles. The molecule has 0 aliphatic heterocycles. The van der Waals surface area contributed by atoms with Crippen LogP contribution in [0.25, 0.3) is 0 Å². The van der Waals surface area contributed by atoms with Gasteiger partial charge < -0.3 is 10.1 Å². The molecule has 0 aliphatic rings. The van der Waals surface area contributed by atoms with Crippen LogP contribution in [-0.2, 0) is 6.42 Å². The largest absolute Gasteiger partial charge is 0.496 e. The molecule has 98 valence electrons. The van der Waals surface area contributed by atoms with Gasteiger partial charge >= 0.3 is 0 Å². The van der Waals surface area contributed by atoms with E-state index in [9.17, 15) is 0 Å². The van der Waals surface area contributed by atoms with E-state index in [0.717, 1.165) is 28.8 Å². The monoisotopic (exact) mass is 310 g/mol. The van der Waals surface area contributed by atoms with Crippen LogP contribution in [0.15, 0.2) is 22.7 Å². The molecule has 1 rings (SSSR count). The lowest BCUT2D eigenvalue weighted by Crippen LogP contribution is -2.29. The molecule has 0 heterocycles.